The van der Waals surface area contributed by atoms with Gasteiger partial charge in [-0.3, -0.25) is 9.59 Å². The fourth-order valence-corrected chi connectivity index (χ4v) is 2.58. The quantitative estimate of drug-likeness (QED) is 0.719. The van der Waals surface area contributed by atoms with Gasteiger partial charge in [0, 0.05) is 12.1 Å². The predicted octanol–water partition coefficient (Wildman–Crippen LogP) is -0.140. The van der Waals surface area contributed by atoms with E-state index in [0.717, 1.165) is 0 Å². The molecule has 0 aliphatic carbocycles. The van der Waals surface area contributed by atoms with Crippen LogP contribution in [0.4, 0.5) is 5.69 Å². The second-order valence-corrected chi connectivity index (χ2v) is 6.23. The average Bonchev–Trinajstić information content (AvgIpc) is 2.77. The minimum atomic E-state index is -3.76. The molecule has 4 N–H and O–H groups in total. The monoisotopic (exact) mass is 297 g/mol. The van der Waals surface area contributed by atoms with Gasteiger partial charge in [-0.1, -0.05) is 0 Å². The van der Waals surface area contributed by atoms with Crippen molar-refractivity contribution in [1.82, 2.24) is 5.32 Å². The summed E-state index contributed by atoms with van der Waals surface area (Å²) in [5.41, 5.74) is 1.07. The molecule has 7 nitrogen and oxygen atoms in total. The molecule has 8 heteroatoms. The zero-order valence-corrected chi connectivity index (χ0v) is 11.7. The fourth-order valence-electron chi connectivity index (χ4n) is 1.98. The second kappa shape index (κ2) is 5.22. The van der Waals surface area contributed by atoms with Gasteiger partial charge >= 0.3 is 0 Å². The number of carbonyl (C=O) groups excluding carboxylic acids is 2. The second-order valence-electron chi connectivity index (χ2n) is 4.67. The summed E-state index contributed by atoms with van der Waals surface area (Å²) in [7, 11) is -3.76. The minimum Gasteiger partial charge on any atom is -0.344 e. The van der Waals surface area contributed by atoms with Gasteiger partial charge in [0.1, 0.15) is 6.04 Å². The summed E-state index contributed by atoms with van der Waals surface area (Å²) >= 11 is 0. The number of nitrogens with one attached hydrogen (secondary N) is 2. The van der Waals surface area contributed by atoms with Crippen molar-refractivity contribution in [3.05, 3.63) is 23.8 Å². The van der Waals surface area contributed by atoms with E-state index in [1.165, 1.54) is 18.2 Å². The van der Waals surface area contributed by atoms with Crippen LogP contribution in [-0.2, 0) is 19.6 Å². The number of nitrogens with two attached hydrogens (primary N) is 1. The van der Waals surface area contributed by atoms with Crippen molar-refractivity contribution in [2.45, 2.75) is 30.7 Å². The summed E-state index contributed by atoms with van der Waals surface area (Å²) in [5.74, 6) is -0.464. The molecule has 0 bridgehead atoms. The minimum absolute atomic E-state index is 0.0119. The van der Waals surface area contributed by atoms with Crippen LogP contribution >= 0.6 is 0 Å². The smallest absolute Gasteiger partial charge is 0.246 e. The van der Waals surface area contributed by atoms with Crippen molar-refractivity contribution < 1.29 is 18.0 Å². The number of amides is 2. The number of sulfonamides is 1. The third-order valence-electron chi connectivity index (χ3n) is 3.10. The molecule has 0 spiro atoms. The highest BCUT2D eigenvalue weighted by atomic mass is 32.2. The maximum Gasteiger partial charge on any atom is 0.246 e. The van der Waals surface area contributed by atoms with Crippen LogP contribution in [0.1, 0.15) is 18.4 Å². The Morgan fingerprint density at radius 3 is 2.65 bits per heavy atom. The molecule has 108 valence electrons. The topological polar surface area (TPSA) is 118 Å². The molecule has 0 radical (unpaired) electrons. The lowest BCUT2D eigenvalue weighted by Crippen LogP contribution is -2.37. The Labute approximate surface area is 116 Å². The normalized spacial score (nSPS) is 18.7. The lowest BCUT2D eigenvalue weighted by Gasteiger charge is -2.13. The van der Waals surface area contributed by atoms with Gasteiger partial charge in [-0.15, -0.1) is 0 Å². The number of aryl methyl sites for hydroxylation is 1. The van der Waals surface area contributed by atoms with E-state index in [0.29, 0.717) is 24.1 Å². The first-order valence-electron chi connectivity index (χ1n) is 6.01. The van der Waals surface area contributed by atoms with Gasteiger partial charge in [-0.2, -0.15) is 0 Å². The van der Waals surface area contributed by atoms with Crippen LogP contribution in [0.2, 0.25) is 0 Å². The van der Waals surface area contributed by atoms with Crippen LogP contribution in [0.3, 0.4) is 0 Å². The third-order valence-corrected chi connectivity index (χ3v) is 4.01. The standard InChI is InChI=1S/C12H15N3O4S/c1-7-6-8(20(13,18)19)2-3-9(7)15-12(17)10-4-5-11(16)14-10/h2-3,6,10H,4-5H2,1H3,(H,14,16)(H,15,17)(H2,13,18,19)/t10-/m1/s1. The van der Waals surface area contributed by atoms with E-state index >= 15 is 0 Å². The van der Waals surface area contributed by atoms with Crippen molar-refractivity contribution in [2.75, 3.05) is 5.32 Å². The Morgan fingerprint density at radius 2 is 2.15 bits per heavy atom. The zero-order chi connectivity index (χ0) is 14.9. The fraction of sp³-hybridized carbons (Fsp3) is 0.333. The SMILES string of the molecule is Cc1cc(S(N)(=O)=O)ccc1NC(=O)[C@H]1CCC(=O)N1. The van der Waals surface area contributed by atoms with E-state index in [1.807, 2.05) is 0 Å². The summed E-state index contributed by atoms with van der Waals surface area (Å²) in [6, 6.07) is 3.65. The Morgan fingerprint density at radius 1 is 1.45 bits per heavy atom. The predicted molar refractivity (Wildman–Crippen MR) is 72.3 cm³/mol. The van der Waals surface area contributed by atoms with E-state index in [9.17, 15) is 18.0 Å². The number of carbonyl (C=O) groups is 2. The van der Waals surface area contributed by atoms with Crippen LogP contribution in [0, 0.1) is 6.92 Å². The van der Waals surface area contributed by atoms with E-state index in [1.54, 1.807) is 6.92 Å². The summed E-state index contributed by atoms with van der Waals surface area (Å²) in [4.78, 5) is 23.0. The molecular formula is C12H15N3O4S. The summed E-state index contributed by atoms with van der Waals surface area (Å²) in [6.45, 7) is 1.66. The molecule has 0 saturated carbocycles. The van der Waals surface area contributed by atoms with E-state index < -0.39 is 16.1 Å². The van der Waals surface area contributed by atoms with Crippen molar-refractivity contribution in [3.63, 3.8) is 0 Å². The van der Waals surface area contributed by atoms with Crippen LogP contribution in [-0.4, -0.2) is 26.3 Å². The van der Waals surface area contributed by atoms with Gasteiger partial charge in [-0.25, -0.2) is 13.6 Å². The molecule has 0 aromatic heterocycles. The zero-order valence-electron chi connectivity index (χ0n) is 10.8. The van der Waals surface area contributed by atoms with Crippen molar-refractivity contribution in [3.8, 4) is 0 Å². The first-order chi connectivity index (χ1) is 9.27. The van der Waals surface area contributed by atoms with Gasteiger partial charge in [0.2, 0.25) is 21.8 Å². The number of rotatable bonds is 3. The maximum atomic E-state index is 11.9. The summed E-state index contributed by atoms with van der Waals surface area (Å²) in [6.07, 6.45) is 0.792. The Balaban J connectivity index is 2.14. The molecule has 1 aliphatic rings. The lowest BCUT2D eigenvalue weighted by atomic mass is 10.1. The Bertz CT molecular complexity index is 669. The molecule has 2 amide bonds. The molecule has 1 saturated heterocycles. The number of hydrogen-bond acceptors (Lipinski definition) is 4. The molecular weight excluding hydrogens is 282 g/mol. The molecule has 0 unspecified atom stereocenters. The number of benzene rings is 1. The molecule has 1 aromatic carbocycles. The van der Waals surface area contributed by atoms with Crippen molar-refractivity contribution in [1.29, 1.82) is 0 Å². The first-order valence-corrected chi connectivity index (χ1v) is 7.55. The summed E-state index contributed by atoms with van der Waals surface area (Å²) in [5, 5.41) is 10.3. The number of anilines is 1. The van der Waals surface area contributed by atoms with Crippen LogP contribution in [0.25, 0.3) is 0 Å². The molecule has 2 rings (SSSR count). The van der Waals surface area contributed by atoms with Gasteiger partial charge < -0.3 is 10.6 Å². The highest BCUT2D eigenvalue weighted by molar-refractivity contribution is 7.89. The number of hydrogen-bond donors (Lipinski definition) is 3. The van der Waals surface area contributed by atoms with Gasteiger partial charge in [0.25, 0.3) is 0 Å². The largest absolute Gasteiger partial charge is 0.344 e. The Hall–Kier alpha value is -1.93. The lowest BCUT2D eigenvalue weighted by molar-refractivity contribution is -0.122. The molecule has 1 fully saturated rings. The van der Waals surface area contributed by atoms with Gasteiger partial charge in [0.15, 0.2) is 0 Å². The maximum absolute atomic E-state index is 11.9. The molecule has 1 atom stereocenters. The van der Waals surface area contributed by atoms with E-state index in [-0.39, 0.29) is 16.7 Å². The van der Waals surface area contributed by atoms with Crippen molar-refractivity contribution >= 4 is 27.5 Å². The van der Waals surface area contributed by atoms with Crippen molar-refractivity contribution in [2.24, 2.45) is 5.14 Å². The van der Waals surface area contributed by atoms with E-state index in [4.69, 9.17) is 5.14 Å². The third kappa shape index (κ3) is 3.14. The van der Waals surface area contributed by atoms with Crippen LogP contribution < -0.4 is 15.8 Å². The highest BCUT2D eigenvalue weighted by Gasteiger charge is 2.27. The average molecular weight is 297 g/mol. The highest BCUT2D eigenvalue weighted by Crippen LogP contribution is 2.20. The van der Waals surface area contributed by atoms with Gasteiger partial charge in [-0.05, 0) is 37.1 Å². The molecule has 1 heterocycles. The number of primary sulfonamides is 1. The van der Waals surface area contributed by atoms with E-state index in [2.05, 4.69) is 10.6 Å². The Kier molecular flexibility index (Phi) is 3.78. The molecule has 1 aromatic rings. The van der Waals surface area contributed by atoms with Crippen LogP contribution in [0.15, 0.2) is 23.1 Å². The van der Waals surface area contributed by atoms with Gasteiger partial charge in [0.05, 0.1) is 4.90 Å². The first kappa shape index (κ1) is 14.5. The van der Waals surface area contributed by atoms with Crippen LogP contribution in [0.5, 0.6) is 0 Å². The summed E-state index contributed by atoms with van der Waals surface area (Å²) < 4.78 is 22.4. The molecule has 1 aliphatic heterocycles. The molecule has 20 heavy (non-hydrogen) atoms.